The number of carbonyl (C=O) groups excluding carboxylic acids is 1. The first-order valence-electron chi connectivity index (χ1n) is 6.83. The van der Waals surface area contributed by atoms with Gasteiger partial charge < -0.3 is 15.2 Å². The summed E-state index contributed by atoms with van der Waals surface area (Å²) < 4.78 is 5.51. The van der Waals surface area contributed by atoms with Crippen LogP contribution < -0.4 is 5.32 Å². The van der Waals surface area contributed by atoms with Crippen LogP contribution in [0.25, 0.3) is 0 Å². The third-order valence-corrected chi connectivity index (χ3v) is 4.37. The van der Waals surface area contributed by atoms with Crippen molar-refractivity contribution >= 4 is 29.3 Å². The zero-order chi connectivity index (χ0) is 15.3. The molecule has 1 atom stereocenters. The van der Waals surface area contributed by atoms with Crippen LogP contribution in [0.2, 0.25) is 0 Å². The first kappa shape index (κ1) is 15.9. The largest absolute Gasteiger partial charge is 0.481 e. The summed E-state index contributed by atoms with van der Waals surface area (Å²) in [4.78, 5) is 22.7. The number of aliphatic carboxylic acids is 1. The molecule has 0 aromatic heterocycles. The molecule has 1 amide bonds. The number of anilines is 1. The second-order valence-electron chi connectivity index (χ2n) is 5.22. The molecular weight excluding hydrogens is 290 g/mol. The highest BCUT2D eigenvalue weighted by molar-refractivity contribution is 7.99. The van der Waals surface area contributed by atoms with E-state index in [9.17, 15) is 9.59 Å². The molecule has 1 unspecified atom stereocenters. The van der Waals surface area contributed by atoms with Gasteiger partial charge in [0.25, 0.3) is 5.91 Å². The third-order valence-electron chi connectivity index (χ3n) is 3.38. The maximum absolute atomic E-state index is 12.2. The van der Waals surface area contributed by atoms with Crippen LogP contribution in [0.3, 0.4) is 0 Å². The van der Waals surface area contributed by atoms with Crippen molar-refractivity contribution in [3.8, 4) is 0 Å². The van der Waals surface area contributed by atoms with Gasteiger partial charge in [-0.05, 0) is 37.5 Å². The minimum atomic E-state index is -0.823. The summed E-state index contributed by atoms with van der Waals surface area (Å²) in [5, 5.41) is 11.5. The molecule has 1 aromatic rings. The van der Waals surface area contributed by atoms with E-state index >= 15 is 0 Å². The second kappa shape index (κ2) is 6.95. The molecule has 0 bridgehead atoms. The molecule has 1 heterocycles. The van der Waals surface area contributed by atoms with E-state index in [1.165, 1.54) is 11.8 Å². The zero-order valence-electron chi connectivity index (χ0n) is 11.9. The van der Waals surface area contributed by atoms with E-state index in [0.29, 0.717) is 18.0 Å². The van der Waals surface area contributed by atoms with Crippen LogP contribution in [-0.4, -0.2) is 34.9 Å². The Labute approximate surface area is 128 Å². The minimum Gasteiger partial charge on any atom is -0.481 e. The Balaban J connectivity index is 1.94. The van der Waals surface area contributed by atoms with Crippen LogP contribution in [0.15, 0.2) is 24.3 Å². The molecular formula is C15H19NO4S. The summed E-state index contributed by atoms with van der Waals surface area (Å²) in [7, 11) is 0. The van der Waals surface area contributed by atoms with Gasteiger partial charge in [0.1, 0.15) is 5.60 Å². The molecule has 1 aliphatic heterocycles. The molecule has 0 spiro atoms. The van der Waals surface area contributed by atoms with Gasteiger partial charge in [0.15, 0.2) is 0 Å². The third kappa shape index (κ3) is 4.47. The Morgan fingerprint density at radius 3 is 2.95 bits per heavy atom. The fraction of sp³-hybridized carbons (Fsp3) is 0.467. The molecule has 2 N–H and O–H groups in total. The number of amides is 1. The van der Waals surface area contributed by atoms with E-state index in [1.807, 2.05) is 31.2 Å². The van der Waals surface area contributed by atoms with Gasteiger partial charge in [-0.3, -0.25) is 9.59 Å². The van der Waals surface area contributed by atoms with Crippen LogP contribution >= 0.6 is 11.8 Å². The molecule has 1 fully saturated rings. The SMILES string of the molecule is CC1(C(=O)Nc2cccc(CSCC(=O)O)c2)CCCO1. The summed E-state index contributed by atoms with van der Waals surface area (Å²) in [6.07, 6.45) is 1.63. The van der Waals surface area contributed by atoms with Crippen molar-refractivity contribution in [2.75, 3.05) is 17.7 Å². The highest BCUT2D eigenvalue weighted by Gasteiger charge is 2.37. The molecule has 21 heavy (non-hydrogen) atoms. The van der Waals surface area contributed by atoms with Crippen LogP contribution in [0, 0.1) is 0 Å². The number of benzene rings is 1. The Kier molecular flexibility index (Phi) is 5.25. The van der Waals surface area contributed by atoms with Crippen molar-refractivity contribution in [2.45, 2.75) is 31.1 Å². The number of hydrogen-bond donors (Lipinski definition) is 2. The van der Waals surface area contributed by atoms with Crippen molar-refractivity contribution < 1.29 is 19.4 Å². The lowest BCUT2D eigenvalue weighted by Gasteiger charge is -2.22. The van der Waals surface area contributed by atoms with Crippen LogP contribution in [0.1, 0.15) is 25.3 Å². The van der Waals surface area contributed by atoms with Gasteiger partial charge in [0.2, 0.25) is 0 Å². The predicted molar refractivity (Wildman–Crippen MR) is 82.5 cm³/mol. The van der Waals surface area contributed by atoms with Crippen LogP contribution in [0.4, 0.5) is 5.69 Å². The summed E-state index contributed by atoms with van der Waals surface area (Å²) in [5.74, 6) is -0.280. The number of carbonyl (C=O) groups is 2. The first-order chi connectivity index (χ1) is 9.99. The van der Waals surface area contributed by atoms with Crippen molar-refractivity contribution in [2.24, 2.45) is 0 Å². The Morgan fingerprint density at radius 2 is 2.29 bits per heavy atom. The molecule has 1 aromatic carbocycles. The van der Waals surface area contributed by atoms with Crippen molar-refractivity contribution in [3.05, 3.63) is 29.8 Å². The van der Waals surface area contributed by atoms with Gasteiger partial charge >= 0.3 is 5.97 Å². The number of rotatable bonds is 6. The molecule has 0 radical (unpaired) electrons. The van der Waals surface area contributed by atoms with E-state index in [0.717, 1.165) is 18.4 Å². The Hall–Kier alpha value is -1.53. The summed E-state index contributed by atoms with van der Waals surface area (Å²) in [5.41, 5.74) is 0.954. The number of hydrogen-bond acceptors (Lipinski definition) is 4. The average molecular weight is 309 g/mol. The molecule has 2 rings (SSSR count). The number of carboxylic acid groups (broad SMARTS) is 1. The molecule has 114 valence electrons. The lowest BCUT2D eigenvalue weighted by Crippen LogP contribution is -2.39. The molecule has 1 saturated heterocycles. The monoisotopic (exact) mass is 309 g/mol. The van der Waals surface area contributed by atoms with Gasteiger partial charge in [-0.1, -0.05) is 12.1 Å². The average Bonchev–Trinajstić information content (AvgIpc) is 2.87. The summed E-state index contributed by atoms with van der Waals surface area (Å²) in [6.45, 7) is 2.43. The molecule has 1 aliphatic rings. The van der Waals surface area contributed by atoms with Gasteiger partial charge in [-0.15, -0.1) is 11.8 Å². The van der Waals surface area contributed by atoms with E-state index < -0.39 is 11.6 Å². The lowest BCUT2D eigenvalue weighted by molar-refractivity contribution is -0.134. The number of carboxylic acids is 1. The van der Waals surface area contributed by atoms with Crippen molar-refractivity contribution in [1.29, 1.82) is 0 Å². The molecule has 0 aliphatic carbocycles. The Morgan fingerprint density at radius 1 is 1.48 bits per heavy atom. The highest BCUT2D eigenvalue weighted by Crippen LogP contribution is 2.27. The van der Waals surface area contributed by atoms with E-state index in [2.05, 4.69) is 5.32 Å². The van der Waals surface area contributed by atoms with Gasteiger partial charge in [-0.25, -0.2) is 0 Å². The van der Waals surface area contributed by atoms with Crippen molar-refractivity contribution in [1.82, 2.24) is 0 Å². The van der Waals surface area contributed by atoms with E-state index in [1.54, 1.807) is 0 Å². The van der Waals surface area contributed by atoms with E-state index in [-0.39, 0.29) is 11.7 Å². The predicted octanol–water partition coefficient (Wildman–Crippen LogP) is 2.51. The maximum Gasteiger partial charge on any atom is 0.313 e. The lowest BCUT2D eigenvalue weighted by atomic mass is 10.0. The topological polar surface area (TPSA) is 75.6 Å². The second-order valence-corrected chi connectivity index (χ2v) is 6.21. The minimum absolute atomic E-state index is 0.0719. The highest BCUT2D eigenvalue weighted by atomic mass is 32.2. The van der Waals surface area contributed by atoms with Crippen LogP contribution in [-0.2, 0) is 20.1 Å². The molecule has 6 heteroatoms. The molecule has 5 nitrogen and oxygen atoms in total. The zero-order valence-corrected chi connectivity index (χ0v) is 12.7. The maximum atomic E-state index is 12.2. The molecule has 0 saturated carbocycles. The normalized spacial score (nSPS) is 21.2. The number of nitrogens with one attached hydrogen (secondary N) is 1. The Bertz CT molecular complexity index is 526. The number of ether oxygens (including phenoxy) is 1. The quantitative estimate of drug-likeness (QED) is 0.844. The van der Waals surface area contributed by atoms with Crippen molar-refractivity contribution in [3.63, 3.8) is 0 Å². The van der Waals surface area contributed by atoms with E-state index in [4.69, 9.17) is 9.84 Å². The first-order valence-corrected chi connectivity index (χ1v) is 7.99. The van der Waals surface area contributed by atoms with Crippen LogP contribution in [0.5, 0.6) is 0 Å². The van der Waals surface area contributed by atoms with Gasteiger partial charge in [0.05, 0.1) is 5.75 Å². The summed E-state index contributed by atoms with van der Waals surface area (Å²) >= 11 is 1.33. The standard InChI is InChI=1S/C15H19NO4S/c1-15(6-3-7-20-15)14(19)16-12-5-2-4-11(8-12)9-21-10-13(17)18/h2,4-5,8H,3,6-7,9-10H2,1H3,(H,16,19)(H,17,18). The summed E-state index contributed by atoms with van der Waals surface area (Å²) in [6, 6.07) is 7.45. The smallest absolute Gasteiger partial charge is 0.313 e. The van der Waals surface area contributed by atoms with Gasteiger partial charge in [-0.2, -0.15) is 0 Å². The van der Waals surface area contributed by atoms with Gasteiger partial charge in [0, 0.05) is 18.0 Å². The fourth-order valence-electron chi connectivity index (χ4n) is 2.22. The fourth-order valence-corrected chi connectivity index (χ4v) is 2.91. The number of thioether (sulfide) groups is 1.